The van der Waals surface area contributed by atoms with E-state index in [2.05, 4.69) is 4.98 Å². The van der Waals surface area contributed by atoms with Crippen LogP contribution < -0.4 is 0 Å². The summed E-state index contributed by atoms with van der Waals surface area (Å²) in [5.41, 5.74) is 0.545. The van der Waals surface area contributed by atoms with Crippen molar-refractivity contribution >= 4 is 0 Å². The van der Waals surface area contributed by atoms with Gasteiger partial charge in [0.2, 0.25) is 0 Å². The third kappa shape index (κ3) is 2.04. The Bertz CT molecular complexity index is 318. The van der Waals surface area contributed by atoms with Crippen LogP contribution in [0.2, 0.25) is 0 Å². The second-order valence-corrected chi connectivity index (χ2v) is 3.86. The molecule has 84 valence electrons. The zero-order valence-corrected chi connectivity index (χ0v) is 8.85. The molecule has 0 amide bonds. The van der Waals surface area contributed by atoms with Gasteiger partial charge >= 0.3 is 0 Å². The first kappa shape index (κ1) is 10.6. The number of methoxy groups -OCH3 is 1. The van der Waals surface area contributed by atoms with E-state index in [4.69, 9.17) is 14.6 Å². The van der Waals surface area contributed by atoms with Crippen LogP contribution in [0.15, 0.2) is 12.5 Å². The summed E-state index contributed by atoms with van der Waals surface area (Å²) < 4.78 is 12.8. The van der Waals surface area contributed by atoms with Crippen molar-refractivity contribution in [3.8, 4) is 0 Å². The average molecular weight is 212 g/mol. The Hall–Kier alpha value is -0.910. The van der Waals surface area contributed by atoms with E-state index in [0.29, 0.717) is 13.2 Å². The number of hydrogen-bond acceptors (Lipinski definition) is 4. The lowest BCUT2D eigenvalue weighted by atomic mass is 10.0. The Kier molecular flexibility index (Phi) is 3.04. The van der Waals surface area contributed by atoms with Crippen molar-refractivity contribution in [3.63, 3.8) is 0 Å². The largest absolute Gasteiger partial charge is 0.390 e. The SMILES string of the molecule is COC1(Cn2cncc2CO)CCOC1. The number of aromatic nitrogens is 2. The Morgan fingerprint density at radius 1 is 1.73 bits per heavy atom. The number of imidazole rings is 1. The summed E-state index contributed by atoms with van der Waals surface area (Å²) in [4.78, 5) is 4.01. The molecule has 5 heteroatoms. The molecule has 0 aromatic carbocycles. The molecule has 2 heterocycles. The van der Waals surface area contributed by atoms with Gasteiger partial charge in [-0.1, -0.05) is 0 Å². The molecule has 1 fully saturated rings. The van der Waals surface area contributed by atoms with Crippen LogP contribution >= 0.6 is 0 Å². The predicted molar refractivity (Wildman–Crippen MR) is 53.3 cm³/mol. The van der Waals surface area contributed by atoms with Gasteiger partial charge in [-0.05, 0) is 0 Å². The van der Waals surface area contributed by atoms with Crippen molar-refractivity contribution in [2.45, 2.75) is 25.2 Å². The molecule has 1 saturated heterocycles. The molecular formula is C10H16N2O3. The molecule has 0 radical (unpaired) electrons. The maximum atomic E-state index is 9.10. The van der Waals surface area contributed by atoms with E-state index in [1.807, 2.05) is 4.57 Å². The van der Waals surface area contributed by atoms with Gasteiger partial charge in [0, 0.05) is 20.1 Å². The van der Waals surface area contributed by atoms with Crippen LogP contribution in [0.1, 0.15) is 12.1 Å². The minimum Gasteiger partial charge on any atom is -0.390 e. The summed E-state index contributed by atoms with van der Waals surface area (Å²) in [5, 5.41) is 9.10. The Balaban J connectivity index is 2.12. The molecule has 1 aliphatic rings. The lowest BCUT2D eigenvalue weighted by molar-refractivity contribution is -0.0303. The first-order chi connectivity index (χ1) is 7.29. The summed E-state index contributed by atoms with van der Waals surface area (Å²) >= 11 is 0. The molecule has 0 spiro atoms. The molecule has 5 nitrogen and oxygen atoms in total. The van der Waals surface area contributed by atoms with Gasteiger partial charge < -0.3 is 19.1 Å². The van der Waals surface area contributed by atoms with E-state index < -0.39 is 0 Å². The quantitative estimate of drug-likeness (QED) is 0.773. The number of aliphatic hydroxyl groups excluding tert-OH is 1. The van der Waals surface area contributed by atoms with Gasteiger partial charge in [0.1, 0.15) is 5.60 Å². The normalized spacial score (nSPS) is 26.0. The van der Waals surface area contributed by atoms with Gasteiger partial charge in [-0.25, -0.2) is 4.98 Å². The fraction of sp³-hybridized carbons (Fsp3) is 0.700. The van der Waals surface area contributed by atoms with E-state index >= 15 is 0 Å². The van der Waals surface area contributed by atoms with Crippen LogP contribution in [0, 0.1) is 0 Å². The monoisotopic (exact) mass is 212 g/mol. The predicted octanol–water partition coefficient (Wildman–Crippen LogP) is 0.181. The van der Waals surface area contributed by atoms with Crippen molar-refractivity contribution in [3.05, 3.63) is 18.2 Å². The lowest BCUT2D eigenvalue weighted by Crippen LogP contribution is -2.37. The number of hydrogen-bond donors (Lipinski definition) is 1. The van der Waals surface area contributed by atoms with E-state index in [1.54, 1.807) is 19.6 Å². The summed E-state index contributed by atoms with van der Waals surface area (Å²) in [6, 6.07) is 0. The van der Waals surface area contributed by atoms with Gasteiger partial charge in [-0.3, -0.25) is 0 Å². The third-order valence-electron chi connectivity index (χ3n) is 2.92. The topological polar surface area (TPSA) is 56.5 Å². The second-order valence-electron chi connectivity index (χ2n) is 3.86. The minimum absolute atomic E-state index is 0.000646. The van der Waals surface area contributed by atoms with Crippen LogP contribution in [-0.4, -0.2) is 40.6 Å². The fourth-order valence-electron chi connectivity index (χ4n) is 1.87. The van der Waals surface area contributed by atoms with E-state index in [1.165, 1.54) is 0 Å². The highest BCUT2D eigenvalue weighted by atomic mass is 16.5. The van der Waals surface area contributed by atoms with E-state index in [0.717, 1.165) is 18.7 Å². The maximum absolute atomic E-state index is 9.10. The minimum atomic E-state index is -0.259. The molecule has 1 aliphatic heterocycles. The fourth-order valence-corrected chi connectivity index (χ4v) is 1.87. The molecule has 0 saturated carbocycles. The second kappa shape index (κ2) is 4.30. The Morgan fingerprint density at radius 2 is 2.60 bits per heavy atom. The maximum Gasteiger partial charge on any atom is 0.111 e. The van der Waals surface area contributed by atoms with Crippen molar-refractivity contribution in [1.82, 2.24) is 9.55 Å². The lowest BCUT2D eigenvalue weighted by Gasteiger charge is -2.26. The summed E-state index contributed by atoms with van der Waals surface area (Å²) in [6.45, 7) is 2.02. The van der Waals surface area contributed by atoms with Crippen molar-refractivity contribution in [2.75, 3.05) is 20.3 Å². The molecule has 0 aliphatic carbocycles. The standard InChI is InChI=1S/C10H16N2O3/c1-14-10(2-3-15-7-10)6-12-8-11-4-9(12)5-13/h4,8,13H,2-3,5-7H2,1H3. The molecule has 15 heavy (non-hydrogen) atoms. The molecule has 2 rings (SSSR count). The summed E-state index contributed by atoms with van der Waals surface area (Å²) in [5.74, 6) is 0. The number of ether oxygens (including phenoxy) is 2. The van der Waals surface area contributed by atoms with Crippen LogP contribution in [-0.2, 0) is 22.6 Å². The van der Waals surface area contributed by atoms with Gasteiger partial charge in [0.05, 0.1) is 38.0 Å². The van der Waals surface area contributed by atoms with Crippen LogP contribution in [0.3, 0.4) is 0 Å². The Morgan fingerprint density at radius 3 is 3.20 bits per heavy atom. The van der Waals surface area contributed by atoms with E-state index in [9.17, 15) is 0 Å². The average Bonchev–Trinajstić information content (AvgIpc) is 2.88. The zero-order chi connectivity index (χ0) is 10.7. The highest BCUT2D eigenvalue weighted by molar-refractivity contribution is 4.99. The number of nitrogens with zero attached hydrogens (tertiary/aromatic N) is 2. The molecule has 0 bridgehead atoms. The van der Waals surface area contributed by atoms with Gasteiger partial charge in [0.25, 0.3) is 0 Å². The van der Waals surface area contributed by atoms with Crippen LogP contribution in [0.5, 0.6) is 0 Å². The summed E-state index contributed by atoms with van der Waals surface area (Å²) in [6.07, 6.45) is 4.26. The molecule has 1 N–H and O–H groups in total. The van der Waals surface area contributed by atoms with Crippen molar-refractivity contribution in [1.29, 1.82) is 0 Å². The van der Waals surface area contributed by atoms with Crippen LogP contribution in [0.25, 0.3) is 0 Å². The van der Waals surface area contributed by atoms with E-state index in [-0.39, 0.29) is 12.2 Å². The molecule has 1 aromatic heterocycles. The Labute approximate surface area is 88.6 Å². The highest BCUT2D eigenvalue weighted by Crippen LogP contribution is 2.25. The smallest absolute Gasteiger partial charge is 0.111 e. The number of rotatable bonds is 4. The third-order valence-corrected chi connectivity index (χ3v) is 2.92. The first-order valence-electron chi connectivity index (χ1n) is 5.02. The van der Waals surface area contributed by atoms with Gasteiger partial charge in [0.15, 0.2) is 0 Å². The highest BCUT2D eigenvalue weighted by Gasteiger charge is 2.35. The first-order valence-corrected chi connectivity index (χ1v) is 5.02. The van der Waals surface area contributed by atoms with Crippen molar-refractivity contribution < 1.29 is 14.6 Å². The zero-order valence-electron chi connectivity index (χ0n) is 8.85. The molecule has 1 atom stereocenters. The molecular weight excluding hydrogens is 196 g/mol. The van der Waals surface area contributed by atoms with Gasteiger partial charge in [-0.2, -0.15) is 0 Å². The van der Waals surface area contributed by atoms with Crippen molar-refractivity contribution in [2.24, 2.45) is 0 Å². The van der Waals surface area contributed by atoms with Gasteiger partial charge in [-0.15, -0.1) is 0 Å². The van der Waals surface area contributed by atoms with Crippen LogP contribution in [0.4, 0.5) is 0 Å². The number of aliphatic hydroxyl groups is 1. The molecule has 1 unspecified atom stereocenters. The summed E-state index contributed by atoms with van der Waals surface area (Å²) in [7, 11) is 1.70. The molecule has 1 aromatic rings.